The Balaban J connectivity index is 2.90. The number of carbonyl (C=O) groups is 1. The van der Waals surface area contributed by atoms with Gasteiger partial charge in [-0.25, -0.2) is 14.6 Å². The maximum absolute atomic E-state index is 11.8. The highest BCUT2D eigenvalue weighted by Crippen LogP contribution is 2.10. The molecule has 2 heterocycles. The van der Waals surface area contributed by atoms with Crippen LogP contribution in [0.4, 0.5) is 0 Å². The number of carboxylic acid groups (broad SMARTS) is 1. The van der Waals surface area contributed by atoms with Crippen LogP contribution in [0.2, 0.25) is 0 Å². The summed E-state index contributed by atoms with van der Waals surface area (Å²) in [5.74, 6) is -1.37. The highest BCUT2D eigenvalue weighted by molar-refractivity contribution is 5.88. The number of aromatic carboxylic acids is 1. The zero-order valence-electron chi connectivity index (χ0n) is 10.8. The molecule has 0 amide bonds. The number of H-pyrrole nitrogens is 1. The van der Waals surface area contributed by atoms with E-state index < -0.39 is 17.2 Å². The van der Waals surface area contributed by atoms with Crippen molar-refractivity contribution in [2.24, 2.45) is 13.0 Å². The summed E-state index contributed by atoms with van der Waals surface area (Å²) in [6, 6.07) is 0. The van der Waals surface area contributed by atoms with Crippen LogP contribution in [0.5, 0.6) is 0 Å². The van der Waals surface area contributed by atoms with Gasteiger partial charge < -0.3 is 9.67 Å². The molecule has 0 saturated carbocycles. The van der Waals surface area contributed by atoms with Crippen LogP contribution in [0.1, 0.15) is 24.5 Å². The van der Waals surface area contributed by atoms with Gasteiger partial charge in [0, 0.05) is 13.6 Å². The first-order valence-electron chi connectivity index (χ1n) is 5.75. The fourth-order valence-electron chi connectivity index (χ4n) is 1.97. The second-order valence-corrected chi connectivity index (χ2v) is 4.74. The Hall–Kier alpha value is -2.38. The van der Waals surface area contributed by atoms with Crippen molar-refractivity contribution in [1.29, 1.82) is 0 Å². The Morgan fingerprint density at radius 3 is 2.58 bits per heavy atom. The molecule has 0 aliphatic carbocycles. The summed E-state index contributed by atoms with van der Waals surface area (Å²) in [4.78, 5) is 40.7. The molecule has 19 heavy (non-hydrogen) atoms. The number of rotatable bonds is 3. The van der Waals surface area contributed by atoms with Gasteiger partial charge in [0.05, 0.1) is 0 Å². The van der Waals surface area contributed by atoms with Crippen molar-refractivity contribution in [3.8, 4) is 0 Å². The van der Waals surface area contributed by atoms with Crippen LogP contribution in [0.3, 0.4) is 0 Å². The van der Waals surface area contributed by atoms with Gasteiger partial charge in [-0.15, -0.1) is 0 Å². The van der Waals surface area contributed by atoms with Gasteiger partial charge in [0.1, 0.15) is 0 Å². The van der Waals surface area contributed by atoms with E-state index in [1.54, 1.807) is 0 Å². The molecule has 8 nitrogen and oxygen atoms in total. The van der Waals surface area contributed by atoms with E-state index in [2.05, 4.69) is 9.97 Å². The molecule has 0 atom stereocenters. The Bertz CT molecular complexity index is 765. The van der Waals surface area contributed by atoms with Gasteiger partial charge in [-0.3, -0.25) is 14.3 Å². The Kier molecular flexibility index (Phi) is 3.01. The number of hydrogen-bond acceptors (Lipinski definition) is 4. The number of fused-ring (bicyclic) bond motifs is 1. The van der Waals surface area contributed by atoms with Gasteiger partial charge in [0.15, 0.2) is 11.2 Å². The van der Waals surface area contributed by atoms with Gasteiger partial charge >= 0.3 is 11.7 Å². The first kappa shape index (κ1) is 13.1. The molecule has 8 heteroatoms. The van der Waals surface area contributed by atoms with Crippen LogP contribution >= 0.6 is 0 Å². The smallest absolute Gasteiger partial charge is 0.372 e. The molecule has 0 spiro atoms. The van der Waals surface area contributed by atoms with Crippen LogP contribution in [0.25, 0.3) is 11.2 Å². The Morgan fingerprint density at radius 2 is 2.05 bits per heavy atom. The van der Waals surface area contributed by atoms with Crippen molar-refractivity contribution < 1.29 is 9.90 Å². The van der Waals surface area contributed by atoms with Gasteiger partial charge in [-0.05, 0) is 5.92 Å². The van der Waals surface area contributed by atoms with E-state index in [0.717, 1.165) is 0 Å². The molecule has 102 valence electrons. The number of aromatic amines is 1. The van der Waals surface area contributed by atoms with Crippen molar-refractivity contribution in [1.82, 2.24) is 19.1 Å². The monoisotopic (exact) mass is 266 g/mol. The van der Waals surface area contributed by atoms with Crippen molar-refractivity contribution in [3.63, 3.8) is 0 Å². The predicted molar refractivity (Wildman–Crippen MR) is 67.4 cm³/mol. The zero-order valence-corrected chi connectivity index (χ0v) is 10.8. The molecule has 0 radical (unpaired) electrons. The predicted octanol–water partition coefficient (Wildman–Crippen LogP) is -0.222. The summed E-state index contributed by atoms with van der Waals surface area (Å²) in [7, 11) is 1.43. The molecule has 2 N–H and O–H groups in total. The lowest BCUT2D eigenvalue weighted by Gasteiger charge is -2.08. The summed E-state index contributed by atoms with van der Waals surface area (Å²) in [5.41, 5.74) is -1.04. The second kappa shape index (κ2) is 4.38. The zero-order chi connectivity index (χ0) is 14.3. The number of imidazole rings is 1. The largest absolute Gasteiger partial charge is 0.475 e. The number of hydrogen-bond donors (Lipinski definition) is 2. The number of aryl methyl sites for hydroxylation is 1. The summed E-state index contributed by atoms with van der Waals surface area (Å²) < 4.78 is 2.46. The molecule has 0 aromatic carbocycles. The third-order valence-electron chi connectivity index (χ3n) is 2.75. The molecule has 0 aliphatic heterocycles. The number of aromatic nitrogens is 4. The van der Waals surface area contributed by atoms with E-state index in [9.17, 15) is 14.4 Å². The molecule has 0 unspecified atom stereocenters. The Labute approximate surface area is 107 Å². The first-order chi connectivity index (χ1) is 8.82. The molecule has 0 fully saturated rings. The first-order valence-corrected chi connectivity index (χ1v) is 5.75. The maximum Gasteiger partial charge on any atom is 0.372 e. The third-order valence-corrected chi connectivity index (χ3v) is 2.75. The van der Waals surface area contributed by atoms with Crippen molar-refractivity contribution in [3.05, 3.63) is 26.7 Å². The van der Waals surface area contributed by atoms with E-state index in [0.29, 0.717) is 6.54 Å². The molecule has 2 aromatic rings. The van der Waals surface area contributed by atoms with Gasteiger partial charge in [-0.1, -0.05) is 13.8 Å². The molecular weight excluding hydrogens is 252 g/mol. The lowest BCUT2D eigenvalue weighted by molar-refractivity contribution is 0.0680. The summed E-state index contributed by atoms with van der Waals surface area (Å²) in [6.07, 6.45) is 0. The van der Waals surface area contributed by atoms with Crippen molar-refractivity contribution >= 4 is 17.1 Å². The lowest BCUT2D eigenvalue weighted by atomic mass is 10.2. The van der Waals surface area contributed by atoms with Gasteiger partial charge in [0.25, 0.3) is 5.56 Å². The van der Waals surface area contributed by atoms with Gasteiger partial charge in [0.2, 0.25) is 5.82 Å². The van der Waals surface area contributed by atoms with Crippen LogP contribution in [-0.4, -0.2) is 30.2 Å². The van der Waals surface area contributed by atoms with E-state index in [-0.39, 0.29) is 22.9 Å². The average Bonchev–Trinajstić information content (AvgIpc) is 2.62. The van der Waals surface area contributed by atoms with E-state index >= 15 is 0 Å². The SMILES string of the molecule is CC(C)Cn1c(=O)[nH]c(=O)c2c1nc(C(=O)O)n2C. The van der Waals surface area contributed by atoms with Crippen molar-refractivity contribution in [2.75, 3.05) is 0 Å². The number of nitrogens with one attached hydrogen (secondary N) is 1. The lowest BCUT2D eigenvalue weighted by Crippen LogP contribution is -2.32. The fourth-order valence-corrected chi connectivity index (χ4v) is 1.97. The van der Waals surface area contributed by atoms with Gasteiger partial charge in [-0.2, -0.15) is 0 Å². The van der Waals surface area contributed by atoms with E-state index in [1.165, 1.54) is 16.2 Å². The minimum atomic E-state index is -1.25. The van der Waals surface area contributed by atoms with Crippen LogP contribution in [0, 0.1) is 5.92 Å². The van der Waals surface area contributed by atoms with Crippen LogP contribution in [-0.2, 0) is 13.6 Å². The van der Waals surface area contributed by atoms with Crippen LogP contribution < -0.4 is 11.2 Å². The summed E-state index contributed by atoms with van der Waals surface area (Å²) in [5, 5.41) is 9.02. The molecular formula is C11H14N4O4. The van der Waals surface area contributed by atoms with Crippen molar-refractivity contribution in [2.45, 2.75) is 20.4 Å². The topological polar surface area (TPSA) is 110 Å². The maximum atomic E-state index is 11.8. The minimum absolute atomic E-state index is 0.0812. The minimum Gasteiger partial charge on any atom is -0.475 e. The Morgan fingerprint density at radius 1 is 1.42 bits per heavy atom. The number of nitrogens with zero attached hydrogens (tertiary/aromatic N) is 3. The quantitative estimate of drug-likeness (QED) is 0.797. The average molecular weight is 266 g/mol. The van der Waals surface area contributed by atoms with E-state index in [4.69, 9.17) is 5.11 Å². The normalized spacial score (nSPS) is 11.4. The molecule has 0 aliphatic rings. The molecule has 0 bridgehead atoms. The standard InChI is InChI=1S/C11H14N4O4/c1-5(2)4-15-7-6(9(16)13-11(15)19)14(3)8(12-7)10(17)18/h5H,4H2,1-3H3,(H,17,18)(H,13,16,19). The third kappa shape index (κ3) is 2.05. The molecule has 2 rings (SSSR count). The van der Waals surface area contributed by atoms with E-state index in [1.807, 2.05) is 13.8 Å². The summed E-state index contributed by atoms with van der Waals surface area (Å²) >= 11 is 0. The highest BCUT2D eigenvalue weighted by atomic mass is 16.4. The molecule has 0 saturated heterocycles. The van der Waals surface area contributed by atoms with Crippen LogP contribution in [0.15, 0.2) is 9.59 Å². The number of carboxylic acids is 1. The second-order valence-electron chi connectivity index (χ2n) is 4.74. The fraction of sp³-hybridized carbons (Fsp3) is 0.455. The summed E-state index contributed by atoms with van der Waals surface area (Å²) in [6.45, 7) is 4.16. The molecule has 2 aromatic heterocycles. The highest BCUT2D eigenvalue weighted by Gasteiger charge is 2.20.